The van der Waals surface area contributed by atoms with E-state index in [9.17, 15) is 37.1 Å². The van der Waals surface area contributed by atoms with Crippen molar-refractivity contribution in [2.24, 2.45) is 11.8 Å². The maximum atomic E-state index is 13.0. The van der Waals surface area contributed by atoms with Crippen LogP contribution in [-0.2, 0) is 33.4 Å². The summed E-state index contributed by atoms with van der Waals surface area (Å²) in [6, 6.07) is -2.95. The summed E-state index contributed by atoms with van der Waals surface area (Å²) in [4.78, 5) is 62.2. The maximum absolute atomic E-state index is 13.0. The molecule has 204 valence electrons. The number of hydrogen-bond donors (Lipinski definition) is 4. The van der Waals surface area contributed by atoms with Gasteiger partial charge in [0.25, 0.3) is 0 Å². The average molecular weight is 523 g/mol. The fourth-order valence-electron chi connectivity index (χ4n) is 3.97. The van der Waals surface area contributed by atoms with Crippen LogP contribution >= 0.6 is 0 Å². The Morgan fingerprint density at radius 1 is 1.06 bits per heavy atom. The lowest BCUT2D eigenvalue weighted by molar-refractivity contribution is -0.321. The minimum absolute atomic E-state index is 0.0893. The van der Waals surface area contributed by atoms with Gasteiger partial charge in [-0.05, 0) is 38.0 Å². The standard InChI is InChI=1S/C22H33F3N4O7/c1-12(2)9-16(29-21(34)20(33)27-14-4-7-35-8-5-14)19(32)28-15(10-13-3-6-26-18(13)31)17(30)11-36-22(23,24)25/h12-16H,3-11H2,1-2H3,(H,26,31)(H,27,33)(H,28,32)(H,29,34)/t13-,15-,16-/m0/s1. The summed E-state index contributed by atoms with van der Waals surface area (Å²) in [6.07, 6.45) is -3.78. The van der Waals surface area contributed by atoms with Crippen LogP contribution in [0.3, 0.4) is 0 Å². The lowest BCUT2D eigenvalue weighted by Crippen LogP contribution is -2.56. The van der Waals surface area contributed by atoms with Crippen LogP contribution in [0.1, 0.15) is 46.0 Å². The van der Waals surface area contributed by atoms with Crippen molar-refractivity contribution in [2.45, 2.75) is 70.4 Å². The van der Waals surface area contributed by atoms with Crippen LogP contribution in [0.25, 0.3) is 0 Å². The van der Waals surface area contributed by atoms with Crippen LogP contribution in [0.4, 0.5) is 13.2 Å². The second-order valence-corrected chi connectivity index (χ2v) is 9.29. The first-order chi connectivity index (χ1) is 16.9. The molecular weight excluding hydrogens is 489 g/mol. The van der Waals surface area contributed by atoms with Crippen LogP contribution in [0.2, 0.25) is 0 Å². The van der Waals surface area contributed by atoms with Crippen molar-refractivity contribution in [2.75, 3.05) is 26.4 Å². The van der Waals surface area contributed by atoms with Gasteiger partial charge in [0.2, 0.25) is 11.8 Å². The van der Waals surface area contributed by atoms with Crippen molar-refractivity contribution in [1.29, 1.82) is 0 Å². The molecule has 11 nitrogen and oxygen atoms in total. The molecule has 0 aromatic carbocycles. The Kier molecular flexibility index (Phi) is 11.1. The number of alkyl halides is 3. The largest absolute Gasteiger partial charge is 0.522 e. The number of carbonyl (C=O) groups is 5. The van der Waals surface area contributed by atoms with Crippen LogP contribution in [-0.4, -0.2) is 80.3 Å². The molecule has 4 amide bonds. The molecule has 4 N–H and O–H groups in total. The molecule has 0 aromatic rings. The van der Waals surface area contributed by atoms with Crippen LogP contribution in [0, 0.1) is 11.8 Å². The van der Waals surface area contributed by atoms with Crippen molar-refractivity contribution < 1.29 is 46.6 Å². The number of rotatable bonds is 11. The lowest BCUT2D eigenvalue weighted by atomic mass is 9.95. The molecule has 2 rings (SSSR count). The molecule has 0 aliphatic carbocycles. The van der Waals surface area contributed by atoms with E-state index in [-0.39, 0.29) is 30.7 Å². The van der Waals surface area contributed by atoms with Gasteiger partial charge in [0.05, 0.1) is 6.04 Å². The predicted octanol–water partition coefficient (Wildman–Crippen LogP) is -0.0710. The van der Waals surface area contributed by atoms with Gasteiger partial charge >= 0.3 is 18.2 Å². The maximum Gasteiger partial charge on any atom is 0.522 e. The highest BCUT2D eigenvalue weighted by molar-refractivity contribution is 6.35. The van der Waals surface area contributed by atoms with Gasteiger partial charge in [-0.1, -0.05) is 13.8 Å². The molecule has 0 bridgehead atoms. The Bertz CT molecular complexity index is 816. The highest BCUT2D eigenvalue weighted by Gasteiger charge is 2.36. The number of ketones is 1. The zero-order valence-electron chi connectivity index (χ0n) is 20.2. The summed E-state index contributed by atoms with van der Waals surface area (Å²) in [5.41, 5.74) is 0. The molecule has 0 unspecified atom stereocenters. The molecule has 3 atom stereocenters. The van der Waals surface area contributed by atoms with Gasteiger partial charge in [-0.3, -0.25) is 28.7 Å². The highest BCUT2D eigenvalue weighted by atomic mass is 19.4. The molecule has 0 aromatic heterocycles. The summed E-state index contributed by atoms with van der Waals surface area (Å²) < 4.78 is 46.2. The average Bonchev–Trinajstić information content (AvgIpc) is 3.20. The van der Waals surface area contributed by atoms with Crippen molar-refractivity contribution in [3.8, 4) is 0 Å². The zero-order chi connectivity index (χ0) is 26.9. The Labute approximate surface area is 206 Å². The van der Waals surface area contributed by atoms with Gasteiger partial charge in [0.15, 0.2) is 5.78 Å². The molecular formula is C22H33F3N4O7. The summed E-state index contributed by atoms with van der Waals surface area (Å²) >= 11 is 0. The fraction of sp³-hybridized carbons (Fsp3) is 0.773. The topological polar surface area (TPSA) is 152 Å². The summed E-state index contributed by atoms with van der Waals surface area (Å²) in [5.74, 6) is -5.11. The van der Waals surface area contributed by atoms with E-state index in [1.165, 1.54) is 0 Å². The molecule has 2 aliphatic rings. The lowest BCUT2D eigenvalue weighted by Gasteiger charge is -2.26. The Hall–Kier alpha value is -2.74. The van der Waals surface area contributed by atoms with Gasteiger partial charge in [-0.15, -0.1) is 13.2 Å². The minimum atomic E-state index is -5.05. The summed E-state index contributed by atoms with van der Waals surface area (Å²) in [6.45, 7) is 3.40. The quantitative estimate of drug-likeness (QED) is 0.277. The molecule has 2 aliphatic heterocycles. The molecule has 2 fully saturated rings. The van der Waals surface area contributed by atoms with Crippen molar-refractivity contribution in [1.82, 2.24) is 21.3 Å². The van der Waals surface area contributed by atoms with Crippen LogP contribution in [0.15, 0.2) is 0 Å². The number of ether oxygens (including phenoxy) is 2. The number of Topliss-reactive ketones (excluding diaryl/α,β-unsaturated/α-hetero) is 1. The number of amides is 4. The number of hydrogen-bond acceptors (Lipinski definition) is 7. The zero-order valence-corrected chi connectivity index (χ0v) is 20.2. The second kappa shape index (κ2) is 13.5. The molecule has 2 heterocycles. The van der Waals surface area contributed by atoms with E-state index in [1.54, 1.807) is 13.8 Å². The van der Waals surface area contributed by atoms with E-state index in [0.717, 1.165) is 0 Å². The van der Waals surface area contributed by atoms with Crippen LogP contribution < -0.4 is 21.3 Å². The molecule has 0 spiro atoms. The van der Waals surface area contributed by atoms with Crippen molar-refractivity contribution in [3.63, 3.8) is 0 Å². The number of halogens is 3. The Morgan fingerprint density at radius 3 is 2.28 bits per heavy atom. The Balaban J connectivity index is 2.07. The SMILES string of the molecule is CC(C)C[C@H](NC(=O)C(=O)NC1CCOCC1)C(=O)N[C@@H](C[C@@H]1CCNC1=O)C(=O)COC(F)(F)F. The van der Waals surface area contributed by atoms with E-state index < -0.39 is 54.5 Å². The first kappa shape index (κ1) is 29.5. The van der Waals surface area contributed by atoms with E-state index in [0.29, 0.717) is 39.0 Å². The van der Waals surface area contributed by atoms with Gasteiger partial charge in [-0.25, -0.2) is 0 Å². The predicted molar refractivity (Wildman–Crippen MR) is 118 cm³/mol. The molecule has 36 heavy (non-hydrogen) atoms. The third kappa shape index (κ3) is 10.1. The van der Waals surface area contributed by atoms with Gasteiger partial charge < -0.3 is 26.0 Å². The first-order valence-electron chi connectivity index (χ1n) is 11.9. The smallest absolute Gasteiger partial charge is 0.381 e. The summed E-state index contributed by atoms with van der Waals surface area (Å²) in [5, 5.41) is 9.83. The van der Waals surface area contributed by atoms with Gasteiger partial charge in [-0.2, -0.15) is 0 Å². The molecule has 0 saturated carbocycles. The molecule has 0 radical (unpaired) electrons. The monoisotopic (exact) mass is 522 g/mol. The number of carbonyl (C=O) groups excluding carboxylic acids is 5. The third-order valence-electron chi connectivity index (χ3n) is 5.86. The number of nitrogens with one attached hydrogen (secondary N) is 4. The van der Waals surface area contributed by atoms with E-state index in [4.69, 9.17) is 4.74 Å². The minimum Gasteiger partial charge on any atom is -0.381 e. The third-order valence-corrected chi connectivity index (χ3v) is 5.86. The van der Waals surface area contributed by atoms with E-state index in [2.05, 4.69) is 26.0 Å². The summed E-state index contributed by atoms with van der Waals surface area (Å²) in [7, 11) is 0. The van der Waals surface area contributed by atoms with Crippen molar-refractivity contribution in [3.05, 3.63) is 0 Å². The van der Waals surface area contributed by atoms with Gasteiger partial charge in [0.1, 0.15) is 12.6 Å². The van der Waals surface area contributed by atoms with E-state index >= 15 is 0 Å². The highest BCUT2D eigenvalue weighted by Crippen LogP contribution is 2.20. The van der Waals surface area contributed by atoms with Crippen LogP contribution in [0.5, 0.6) is 0 Å². The van der Waals surface area contributed by atoms with Crippen molar-refractivity contribution >= 4 is 29.4 Å². The van der Waals surface area contributed by atoms with E-state index in [1.807, 2.05) is 0 Å². The first-order valence-corrected chi connectivity index (χ1v) is 11.9. The van der Waals surface area contributed by atoms with Gasteiger partial charge in [0, 0.05) is 31.7 Å². The Morgan fingerprint density at radius 2 is 1.72 bits per heavy atom. The molecule has 14 heteroatoms. The normalized spacial score (nSPS) is 20.4. The fourth-order valence-corrected chi connectivity index (χ4v) is 3.97. The molecule has 2 saturated heterocycles. The second-order valence-electron chi connectivity index (χ2n) is 9.29.